The Hall–Kier alpha value is -1.89. The molecule has 0 unspecified atom stereocenters. The molecular formula is C13H18N4O2S. The first-order valence-electron chi connectivity index (χ1n) is 6.41. The first kappa shape index (κ1) is 14.5. The summed E-state index contributed by atoms with van der Waals surface area (Å²) in [5, 5.41) is 3.07. The number of esters is 1. The van der Waals surface area contributed by atoms with Crippen LogP contribution < -0.4 is 5.73 Å². The van der Waals surface area contributed by atoms with Crippen LogP contribution in [0.1, 0.15) is 33.9 Å². The van der Waals surface area contributed by atoms with Gasteiger partial charge in [0.1, 0.15) is 11.6 Å². The predicted octanol–water partition coefficient (Wildman–Crippen LogP) is 1.82. The maximum absolute atomic E-state index is 11.6. The number of ether oxygens (including phenoxy) is 1. The minimum Gasteiger partial charge on any atom is -0.464 e. The summed E-state index contributed by atoms with van der Waals surface area (Å²) in [5.41, 5.74) is 7.23. The van der Waals surface area contributed by atoms with Gasteiger partial charge in [-0.25, -0.2) is 14.8 Å². The molecule has 2 N–H and O–H groups in total. The maximum Gasteiger partial charge on any atom is 0.360 e. The molecule has 0 aliphatic carbocycles. The van der Waals surface area contributed by atoms with Gasteiger partial charge in [0.15, 0.2) is 5.69 Å². The van der Waals surface area contributed by atoms with Gasteiger partial charge in [0, 0.05) is 30.5 Å². The number of aryl methyl sites for hydroxylation is 3. The number of carbonyl (C=O) groups is 1. The molecule has 6 nitrogen and oxygen atoms in total. The molecule has 0 spiro atoms. The fourth-order valence-corrected chi connectivity index (χ4v) is 2.77. The Kier molecular flexibility index (Phi) is 4.39. The van der Waals surface area contributed by atoms with Gasteiger partial charge in [-0.2, -0.15) is 0 Å². The molecule has 2 aromatic heterocycles. The molecule has 20 heavy (non-hydrogen) atoms. The van der Waals surface area contributed by atoms with Gasteiger partial charge >= 0.3 is 5.97 Å². The van der Waals surface area contributed by atoms with E-state index in [1.165, 1.54) is 7.11 Å². The van der Waals surface area contributed by atoms with E-state index in [1.54, 1.807) is 11.3 Å². The molecule has 0 atom stereocenters. The zero-order valence-electron chi connectivity index (χ0n) is 11.8. The van der Waals surface area contributed by atoms with E-state index in [1.807, 2.05) is 23.8 Å². The van der Waals surface area contributed by atoms with Crippen molar-refractivity contribution < 1.29 is 9.53 Å². The van der Waals surface area contributed by atoms with Gasteiger partial charge in [-0.1, -0.05) is 6.92 Å². The Morgan fingerprint density at radius 3 is 2.80 bits per heavy atom. The van der Waals surface area contributed by atoms with Crippen LogP contribution in [0.25, 0.3) is 0 Å². The van der Waals surface area contributed by atoms with E-state index in [2.05, 4.69) is 9.97 Å². The number of aromatic nitrogens is 3. The van der Waals surface area contributed by atoms with Crippen LogP contribution in [0.4, 0.5) is 5.82 Å². The fraction of sp³-hybridized carbons (Fsp3) is 0.462. The average Bonchev–Trinajstić information content (AvgIpc) is 2.99. The number of methoxy groups -OCH3 is 1. The molecule has 0 fully saturated rings. The van der Waals surface area contributed by atoms with Crippen molar-refractivity contribution in [3.8, 4) is 0 Å². The SMILES string of the molecule is CCc1nc(C(=O)OC)c(N)n1CCc1nc(C)cs1. The second-order valence-electron chi connectivity index (χ2n) is 4.39. The van der Waals surface area contributed by atoms with Crippen LogP contribution in [0.3, 0.4) is 0 Å². The van der Waals surface area contributed by atoms with Crippen molar-refractivity contribution in [2.45, 2.75) is 33.2 Å². The number of thiazole rings is 1. The number of carbonyl (C=O) groups excluding carboxylic acids is 1. The van der Waals surface area contributed by atoms with Gasteiger partial charge in [0.25, 0.3) is 0 Å². The summed E-state index contributed by atoms with van der Waals surface area (Å²) in [7, 11) is 1.32. The smallest absolute Gasteiger partial charge is 0.360 e. The fourth-order valence-electron chi connectivity index (χ4n) is 2.00. The van der Waals surface area contributed by atoms with Gasteiger partial charge in [0.05, 0.1) is 12.1 Å². The van der Waals surface area contributed by atoms with E-state index in [-0.39, 0.29) is 5.69 Å². The molecule has 0 aliphatic rings. The summed E-state index contributed by atoms with van der Waals surface area (Å²) < 4.78 is 6.56. The van der Waals surface area contributed by atoms with Crippen molar-refractivity contribution in [3.05, 3.63) is 27.6 Å². The number of rotatable bonds is 5. The van der Waals surface area contributed by atoms with Crippen molar-refractivity contribution >= 4 is 23.1 Å². The molecule has 0 saturated heterocycles. The number of nitrogen functional groups attached to an aromatic ring is 1. The van der Waals surface area contributed by atoms with Gasteiger partial charge in [0.2, 0.25) is 0 Å². The Balaban J connectivity index is 2.21. The second kappa shape index (κ2) is 6.04. The lowest BCUT2D eigenvalue weighted by molar-refractivity contribution is 0.0595. The molecule has 2 heterocycles. The van der Waals surface area contributed by atoms with Gasteiger partial charge in [-0.15, -0.1) is 11.3 Å². The lowest BCUT2D eigenvalue weighted by Crippen LogP contribution is -2.10. The number of anilines is 1. The summed E-state index contributed by atoms with van der Waals surface area (Å²) in [5.74, 6) is 0.652. The highest BCUT2D eigenvalue weighted by molar-refractivity contribution is 7.09. The molecule has 108 valence electrons. The topological polar surface area (TPSA) is 83.0 Å². The molecule has 0 radical (unpaired) electrons. The largest absolute Gasteiger partial charge is 0.464 e. The van der Waals surface area contributed by atoms with E-state index in [0.717, 1.165) is 22.9 Å². The molecule has 0 saturated carbocycles. The quantitative estimate of drug-likeness (QED) is 0.850. The minimum absolute atomic E-state index is 0.194. The van der Waals surface area contributed by atoms with E-state index in [0.29, 0.717) is 18.8 Å². The third-order valence-electron chi connectivity index (χ3n) is 3.00. The van der Waals surface area contributed by atoms with Crippen LogP contribution >= 0.6 is 11.3 Å². The first-order valence-corrected chi connectivity index (χ1v) is 7.29. The highest BCUT2D eigenvalue weighted by atomic mass is 32.1. The molecule has 2 rings (SSSR count). The van der Waals surface area contributed by atoms with E-state index in [9.17, 15) is 4.79 Å². The van der Waals surface area contributed by atoms with E-state index < -0.39 is 5.97 Å². The summed E-state index contributed by atoms with van der Waals surface area (Å²) >= 11 is 1.63. The monoisotopic (exact) mass is 294 g/mol. The molecule has 0 amide bonds. The number of nitrogens with two attached hydrogens (primary N) is 1. The summed E-state index contributed by atoms with van der Waals surface area (Å²) in [6.45, 7) is 4.61. The summed E-state index contributed by atoms with van der Waals surface area (Å²) in [6.07, 6.45) is 1.48. The van der Waals surface area contributed by atoms with Crippen LogP contribution in [-0.4, -0.2) is 27.6 Å². The zero-order chi connectivity index (χ0) is 14.7. The number of hydrogen-bond acceptors (Lipinski definition) is 6. The number of nitrogens with zero attached hydrogens (tertiary/aromatic N) is 3. The summed E-state index contributed by atoms with van der Waals surface area (Å²) in [6, 6.07) is 0. The molecule has 0 aliphatic heterocycles. The van der Waals surface area contributed by atoms with Gasteiger partial charge in [-0.05, 0) is 6.92 Å². The predicted molar refractivity (Wildman–Crippen MR) is 77.9 cm³/mol. The Labute approximate surface area is 121 Å². The highest BCUT2D eigenvalue weighted by Gasteiger charge is 2.20. The molecule has 0 aromatic carbocycles. The molecule has 2 aromatic rings. The van der Waals surface area contributed by atoms with Crippen molar-refractivity contribution in [2.24, 2.45) is 0 Å². The molecule has 0 bridgehead atoms. The Morgan fingerprint density at radius 1 is 1.50 bits per heavy atom. The third-order valence-corrected chi connectivity index (χ3v) is 4.02. The molecule has 7 heteroatoms. The van der Waals surface area contributed by atoms with E-state index >= 15 is 0 Å². The zero-order valence-corrected chi connectivity index (χ0v) is 12.7. The lowest BCUT2D eigenvalue weighted by Gasteiger charge is -2.07. The Morgan fingerprint density at radius 2 is 2.25 bits per heavy atom. The maximum atomic E-state index is 11.6. The minimum atomic E-state index is -0.499. The van der Waals surface area contributed by atoms with Crippen LogP contribution in [0.5, 0.6) is 0 Å². The Bertz CT molecular complexity index is 618. The number of imidazole rings is 1. The highest BCUT2D eigenvalue weighted by Crippen LogP contribution is 2.18. The van der Waals surface area contributed by atoms with Crippen molar-refractivity contribution in [1.29, 1.82) is 0 Å². The second-order valence-corrected chi connectivity index (χ2v) is 5.33. The van der Waals surface area contributed by atoms with Gasteiger partial charge < -0.3 is 15.0 Å². The third kappa shape index (κ3) is 2.82. The van der Waals surface area contributed by atoms with Crippen LogP contribution in [0.2, 0.25) is 0 Å². The van der Waals surface area contributed by atoms with Crippen LogP contribution in [0.15, 0.2) is 5.38 Å². The standard InChI is InChI=1S/C13H18N4O2S/c1-4-9-16-11(13(18)19-3)12(14)17(9)6-5-10-15-8(2)7-20-10/h7H,4-6,14H2,1-3H3. The lowest BCUT2D eigenvalue weighted by atomic mass is 10.4. The van der Waals surface area contributed by atoms with Crippen molar-refractivity contribution in [2.75, 3.05) is 12.8 Å². The number of hydrogen-bond donors (Lipinski definition) is 1. The van der Waals surface area contributed by atoms with Crippen molar-refractivity contribution in [3.63, 3.8) is 0 Å². The summed E-state index contributed by atoms with van der Waals surface area (Å²) in [4.78, 5) is 20.3. The average molecular weight is 294 g/mol. The van der Waals surface area contributed by atoms with Crippen LogP contribution in [0, 0.1) is 6.92 Å². The van der Waals surface area contributed by atoms with E-state index in [4.69, 9.17) is 10.5 Å². The van der Waals surface area contributed by atoms with Crippen molar-refractivity contribution in [1.82, 2.24) is 14.5 Å². The van der Waals surface area contributed by atoms with Gasteiger partial charge in [-0.3, -0.25) is 0 Å². The first-order chi connectivity index (χ1) is 9.56. The van der Waals surface area contributed by atoms with Crippen LogP contribution in [-0.2, 0) is 24.1 Å². The molecular weight excluding hydrogens is 276 g/mol. The normalized spacial score (nSPS) is 10.8.